The van der Waals surface area contributed by atoms with Crippen LogP contribution >= 0.6 is 18.8 Å². The first-order chi connectivity index (χ1) is 17.3. The number of carbonyl (C=O) groups is 6. The summed E-state index contributed by atoms with van der Waals surface area (Å²) in [5, 5.41) is 38.8. The summed E-state index contributed by atoms with van der Waals surface area (Å²) < 4.78 is 0. The number of nitrogens with two attached hydrogens (primary N) is 2. The number of nitrogens with one attached hydrogen (secondary N) is 2. The molecule has 0 saturated heterocycles. The number of carboxylic acid groups (broad SMARTS) is 4. The third-order valence-electron chi connectivity index (χ3n) is 4.29. The molecule has 0 aromatic rings. The molecule has 39 heavy (non-hydrogen) atoms. The van der Waals surface area contributed by atoms with Gasteiger partial charge in [0.15, 0.2) is 0 Å². The number of rotatable bonds is 18. The Balaban J connectivity index is -0.000000171. The van der Waals surface area contributed by atoms with E-state index in [1.807, 2.05) is 0 Å². The number of carboxylic acids is 4. The van der Waals surface area contributed by atoms with Gasteiger partial charge in [0.25, 0.3) is 0 Å². The summed E-state index contributed by atoms with van der Waals surface area (Å²) >= 11 is -0.472. The van der Waals surface area contributed by atoms with E-state index < -0.39 is 52.4 Å². The molecule has 0 aliphatic heterocycles. The number of amides is 2. The number of hydrogen-bond donors (Lipinski definition) is 8. The molecule has 0 heterocycles. The molecule has 0 aliphatic rings. The van der Waals surface area contributed by atoms with Gasteiger partial charge in [0, 0.05) is 25.9 Å². The van der Waals surface area contributed by atoms with Crippen LogP contribution in [0.25, 0.3) is 0 Å². The van der Waals surface area contributed by atoms with Crippen molar-refractivity contribution >= 4 is 54.5 Å². The van der Waals surface area contributed by atoms with E-state index in [1.165, 1.54) is 0 Å². The first-order valence-corrected chi connectivity index (χ1v) is 16.7. The van der Waals surface area contributed by atoms with Crippen molar-refractivity contribution in [1.82, 2.24) is 10.6 Å². The predicted octanol–water partition coefficient (Wildman–Crippen LogP) is 1.38. The normalized spacial score (nSPS) is 10.9. The SMILES string of the molecule is NC(CCCCNC(=O)CCC(=O)O)C(=O)O.NC(CCCCNC(=O)CCC(=O)O)C(=O)O.[CH3-].[CH3-].[Cl][Pt+2][Cl]. The van der Waals surface area contributed by atoms with Crippen LogP contribution in [0.4, 0.5) is 0 Å². The van der Waals surface area contributed by atoms with Crippen molar-refractivity contribution in [2.45, 2.75) is 76.3 Å². The van der Waals surface area contributed by atoms with Gasteiger partial charge in [-0.15, -0.1) is 0 Å². The summed E-state index contributed by atoms with van der Waals surface area (Å²) in [5.41, 5.74) is 10.6. The maximum absolute atomic E-state index is 11.1. The zero-order valence-electron chi connectivity index (χ0n) is 22.1. The standard InChI is InChI=1S/2C10H18N2O5.2CH3.2ClH.Pt/c2*11-7(10(16)17)3-1-2-6-12-8(13)4-5-9(14)15;;;;;/h2*7H,1-6,11H2,(H,12,13)(H,14,15)(H,16,17);2*1H3;2*1H;/q;;2*-1;;;+4/p-2. The molecule has 17 heteroatoms. The molecule has 0 aliphatic carbocycles. The van der Waals surface area contributed by atoms with Crippen LogP contribution < -0.4 is 22.1 Å². The molecule has 14 nitrogen and oxygen atoms in total. The molecule has 0 bridgehead atoms. The second-order valence-electron chi connectivity index (χ2n) is 7.41. The van der Waals surface area contributed by atoms with Crippen LogP contribution in [0.15, 0.2) is 0 Å². The van der Waals surface area contributed by atoms with E-state index in [0.717, 1.165) is 0 Å². The molecule has 0 saturated carbocycles. The molecule has 0 fully saturated rings. The number of unbranched alkanes of at least 4 members (excludes halogenated alkanes) is 2. The maximum atomic E-state index is 11.1. The van der Waals surface area contributed by atoms with Crippen molar-refractivity contribution in [2.75, 3.05) is 13.1 Å². The van der Waals surface area contributed by atoms with Gasteiger partial charge < -0.3 is 57.4 Å². The Kier molecular flexibility index (Phi) is 38.7. The Morgan fingerprint density at radius 1 is 0.615 bits per heavy atom. The quantitative estimate of drug-likeness (QED) is 0.0724. The van der Waals surface area contributed by atoms with Crippen LogP contribution in [-0.2, 0) is 45.2 Å². The molecule has 2 amide bonds. The van der Waals surface area contributed by atoms with Gasteiger partial charge in [-0.25, -0.2) is 0 Å². The molecule has 0 radical (unpaired) electrons. The zero-order chi connectivity index (χ0) is 29.2. The summed E-state index contributed by atoms with van der Waals surface area (Å²) in [7, 11) is 9.75. The van der Waals surface area contributed by atoms with Gasteiger partial charge in [-0.05, 0) is 38.5 Å². The fourth-order valence-electron chi connectivity index (χ4n) is 2.30. The van der Waals surface area contributed by atoms with Gasteiger partial charge in [0.2, 0.25) is 11.8 Å². The van der Waals surface area contributed by atoms with Crippen molar-refractivity contribution in [3.8, 4) is 0 Å². The summed E-state index contributed by atoms with van der Waals surface area (Å²) in [4.78, 5) is 63.2. The van der Waals surface area contributed by atoms with Gasteiger partial charge in [-0.1, -0.05) is 0 Å². The van der Waals surface area contributed by atoms with Crippen LogP contribution in [0.5, 0.6) is 0 Å². The summed E-state index contributed by atoms with van der Waals surface area (Å²) in [6.45, 7) is 0.815. The number of halogens is 2. The van der Waals surface area contributed by atoms with Gasteiger partial charge in [-0.3, -0.25) is 28.8 Å². The molecule has 234 valence electrons. The Morgan fingerprint density at radius 3 is 1.13 bits per heavy atom. The van der Waals surface area contributed by atoms with Gasteiger partial charge in [0.05, 0.1) is 12.8 Å². The van der Waals surface area contributed by atoms with Crippen LogP contribution in [0.1, 0.15) is 64.2 Å². The fraction of sp³-hybridized carbons (Fsp3) is 0.636. The van der Waals surface area contributed by atoms with E-state index in [2.05, 4.69) is 10.6 Å². The van der Waals surface area contributed by atoms with E-state index in [1.54, 1.807) is 0 Å². The Labute approximate surface area is 245 Å². The fourth-order valence-corrected chi connectivity index (χ4v) is 2.30. The molecule has 10 N–H and O–H groups in total. The first-order valence-electron chi connectivity index (χ1n) is 11.0. The van der Waals surface area contributed by atoms with Gasteiger partial charge in [0.1, 0.15) is 12.1 Å². The number of hydrogen-bond acceptors (Lipinski definition) is 8. The summed E-state index contributed by atoms with van der Waals surface area (Å²) in [5.74, 6) is -4.70. The Morgan fingerprint density at radius 2 is 0.897 bits per heavy atom. The van der Waals surface area contributed by atoms with E-state index in [0.29, 0.717) is 51.6 Å². The van der Waals surface area contributed by atoms with Crippen LogP contribution in [0.2, 0.25) is 0 Å². The molecule has 0 aromatic carbocycles. The molecule has 2 atom stereocenters. The predicted molar refractivity (Wildman–Crippen MR) is 143 cm³/mol. The van der Waals surface area contributed by atoms with Crippen LogP contribution in [0.3, 0.4) is 0 Å². The van der Waals surface area contributed by atoms with E-state index in [9.17, 15) is 28.8 Å². The van der Waals surface area contributed by atoms with E-state index in [4.69, 9.17) is 50.7 Å². The summed E-state index contributed by atoms with van der Waals surface area (Å²) in [6, 6.07) is -1.73. The first kappa shape index (κ1) is 46.8. The van der Waals surface area contributed by atoms with Crippen molar-refractivity contribution in [3.05, 3.63) is 14.9 Å². The van der Waals surface area contributed by atoms with Gasteiger partial charge >= 0.3 is 59.2 Å². The monoisotopic (exact) mass is 787 g/mol. The van der Waals surface area contributed by atoms with Crippen molar-refractivity contribution in [3.63, 3.8) is 0 Å². The molecule has 2 unspecified atom stereocenters. The van der Waals surface area contributed by atoms with Crippen molar-refractivity contribution in [2.24, 2.45) is 11.5 Å². The Hall–Kier alpha value is -1.99. The molecular formula is C22H42Cl2N4O10Pt. The third-order valence-corrected chi connectivity index (χ3v) is 4.29. The number of aliphatic carboxylic acids is 4. The topological polar surface area (TPSA) is 259 Å². The minimum atomic E-state index is -1.03. The van der Waals surface area contributed by atoms with E-state index >= 15 is 0 Å². The summed E-state index contributed by atoms with van der Waals surface area (Å²) in [6.07, 6.45) is 2.74. The molecular weight excluding hydrogens is 746 g/mol. The minimum absolute atomic E-state index is 0. The average molecular weight is 789 g/mol. The van der Waals surface area contributed by atoms with Crippen LogP contribution in [0, 0.1) is 14.9 Å². The number of carbonyl (C=O) groups excluding carboxylic acids is 2. The van der Waals surface area contributed by atoms with Crippen molar-refractivity contribution in [1.29, 1.82) is 0 Å². The van der Waals surface area contributed by atoms with Gasteiger partial charge in [-0.2, -0.15) is 0 Å². The zero-order valence-corrected chi connectivity index (χ0v) is 25.9. The molecule has 0 rings (SSSR count). The average Bonchev–Trinajstić information content (AvgIpc) is 2.81. The second kappa shape index (κ2) is 32.2. The van der Waals surface area contributed by atoms with E-state index in [-0.39, 0.29) is 52.4 Å². The molecule has 0 spiro atoms. The third kappa shape index (κ3) is 40.6. The van der Waals surface area contributed by atoms with Crippen LogP contribution in [-0.4, -0.2) is 81.3 Å². The molecule has 0 aromatic heterocycles. The van der Waals surface area contributed by atoms with Crippen molar-refractivity contribution < 1.29 is 65.7 Å². The second-order valence-corrected chi connectivity index (χ2v) is 10.7. The Bertz CT molecular complexity index is 650.